The molecule has 1 heterocycles. The molecule has 2 atom stereocenters. The fourth-order valence-electron chi connectivity index (χ4n) is 6.85. The zero-order valence-electron chi connectivity index (χ0n) is 29.1. The van der Waals surface area contributed by atoms with Crippen molar-refractivity contribution in [2.45, 2.75) is 59.4 Å². The molecule has 2 aliphatic carbocycles. The number of nitrogens with one attached hydrogen (secondary N) is 2. The molecule has 50 heavy (non-hydrogen) atoms. The molecule has 0 amide bonds. The summed E-state index contributed by atoms with van der Waals surface area (Å²) in [7, 11) is -8.18. The first-order valence-corrected chi connectivity index (χ1v) is 19.4. The molecule has 3 aromatic rings. The second-order valence-electron chi connectivity index (χ2n) is 13.1. The largest absolute Gasteiger partial charge is 0.456 e. The second kappa shape index (κ2) is 13.3. The second-order valence-corrected chi connectivity index (χ2v) is 16.3. The van der Waals surface area contributed by atoms with Crippen LogP contribution in [0.2, 0.25) is 0 Å². The predicted octanol–water partition coefficient (Wildman–Crippen LogP) is 8.12. The molecule has 6 rings (SSSR count). The molecule has 0 saturated heterocycles. The van der Waals surface area contributed by atoms with E-state index < -0.39 is 20.1 Å². The van der Waals surface area contributed by atoms with E-state index in [4.69, 9.17) is 9.41 Å². The molecule has 0 spiro atoms. The summed E-state index contributed by atoms with van der Waals surface area (Å²) in [6, 6.07) is 20.2. The van der Waals surface area contributed by atoms with Crippen molar-refractivity contribution < 1.29 is 25.8 Å². The van der Waals surface area contributed by atoms with Crippen molar-refractivity contribution in [3.63, 3.8) is 0 Å². The molecule has 0 radical (unpaired) electrons. The SMILES string of the molecule is CCNS(=O)(=O)C1=CC(C)C(Nc2ccc3c(-c4ccc(C)cc4S(=O)(=O)O)c4ccc(=Nc5c(C)cc(C)cc5C)cc-4oc3c2)C(C)=C1. The molecule has 3 N–H and O–H groups in total. The van der Waals surface area contributed by atoms with E-state index in [1.807, 2.05) is 70.2 Å². The molecule has 11 heteroatoms. The van der Waals surface area contributed by atoms with Crippen molar-refractivity contribution >= 4 is 42.5 Å². The minimum absolute atomic E-state index is 0.147. The molecule has 260 valence electrons. The lowest BCUT2D eigenvalue weighted by Crippen LogP contribution is -2.33. The van der Waals surface area contributed by atoms with Crippen LogP contribution in [0.25, 0.3) is 33.4 Å². The van der Waals surface area contributed by atoms with Crippen LogP contribution in [0.15, 0.2) is 104 Å². The van der Waals surface area contributed by atoms with Gasteiger partial charge in [-0.1, -0.05) is 49.8 Å². The molecule has 3 aliphatic rings. The van der Waals surface area contributed by atoms with Crippen LogP contribution in [0.4, 0.5) is 11.4 Å². The van der Waals surface area contributed by atoms with Crippen LogP contribution in [-0.4, -0.2) is 34.0 Å². The minimum atomic E-state index is -4.58. The van der Waals surface area contributed by atoms with Gasteiger partial charge in [0, 0.05) is 46.4 Å². The topological polar surface area (TPSA) is 138 Å². The maximum atomic E-state index is 12.7. The number of nitrogens with zero attached hydrogens (tertiary/aromatic N) is 1. The molecule has 0 saturated carbocycles. The molecule has 1 aliphatic heterocycles. The Morgan fingerprint density at radius 3 is 2.20 bits per heavy atom. The molecular weight excluding hydrogens is 671 g/mol. The van der Waals surface area contributed by atoms with Gasteiger partial charge in [0.2, 0.25) is 10.0 Å². The van der Waals surface area contributed by atoms with Gasteiger partial charge >= 0.3 is 0 Å². The predicted molar refractivity (Wildman–Crippen MR) is 200 cm³/mol. The first-order chi connectivity index (χ1) is 23.5. The van der Waals surface area contributed by atoms with Crippen LogP contribution in [0.3, 0.4) is 0 Å². The van der Waals surface area contributed by atoms with Crippen LogP contribution < -0.4 is 15.4 Å². The normalized spacial score (nSPS) is 17.2. The van der Waals surface area contributed by atoms with Crippen LogP contribution in [0.5, 0.6) is 0 Å². The van der Waals surface area contributed by atoms with Gasteiger partial charge in [-0.25, -0.2) is 18.1 Å². The number of benzene rings is 4. The number of anilines is 1. The maximum Gasteiger partial charge on any atom is 0.295 e. The quantitative estimate of drug-likeness (QED) is 0.109. The number of sulfonamides is 1. The van der Waals surface area contributed by atoms with Gasteiger partial charge in [-0.15, -0.1) is 0 Å². The number of fused-ring (bicyclic) bond motifs is 2. The fourth-order valence-corrected chi connectivity index (χ4v) is 8.92. The molecule has 2 unspecified atom stereocenters. The molecule has 3 aromatic carbocycles. The first kappa shape index (κ1) is 35.3. The lowest BCUT2D eigenvalue weighted by Gasteiger charge is -2.29. The Bertz CT molecular complexity index is 2470. The van der Waals surface area contributed by atoms with Gasteiger partial charge in [0.05, 0.1) is 22.0 Å². The Hall–Kier alpha value is -4.55. The zero-order valence-corrected chi connectivity index (χ0v) is 30.8. The molecule has 0 bridgehead atoms. The first-order valence-electron chi connectivity index (χ1n) is 16.4. The highest BCUT2D eigenvalue weighted by Crippen LogP contribution is 2.43. The van der Waals surface area contributed by atoms with Crippen LogP contribution in [0, 0.1) is 33.6 Å². The number of allylic oxidation sites excluding steroid dienone is 1. The van der Waals surface area contributed by atoms with Gasteiger partial charge in [-0.2, -0.15) is 8.42 Å². The molecular formula is C39H41N3O6S2. The van der Waals surface area contributed by atoms with Crippen molar-refractivity contribution in [1.29, 1.82) is 0 Å². The van der Waals surface area contributed by atoms with Crippen molar-refractivity contribution in [2.75, 3.05) is 11.9 Å². The van der Waals surface area contributed by atoms with E-state index in [0.29, 0.717) is 50.9 Å². The van der Waals surface area contributed by atoms with E-state index in [2.05, 4.69) is 29.1 Å². The van der Waals surface area contributed by atoms with Gasteiger partial charge in [-0.05, 0) is 99.2 Å². The standard InChI is InChI=1S/C39H41N3O6S2/c1-8-40-49(43,44)30-18-26(6)39(27(7)19-30)42-29-11-14-32-35(21-29)48-34-20-28(41-38-24(4)15-23(3)16-25(38)5)10-13-31(34)37(32)33-12-9-22(2)17-36(33)50(45,46)47/h9-21,26,39-40,42H,8H2,1-7H3,(H,45,46,47). The van der Waals surface area contributed by atoms with Crippen LogP contribution in [-0.2, 0) is 20.1 Å². The summed E-state index contributed by atoms with van der Waals surface area (Å²) in [5.74, 6) is 0.337. The highest BCUT2D eigenvalue weighted by Gasteiger charge is 2.28. The van der Waals surface area contributed by atoms with E-state index in [9.17, 15) is 21.4 Å². The fraction of sp³-hybridized carbons (Fsp3) is 0.256. The number of hydrogen-bond acceptors (Lipinski definition) is 7. The van der Waals surface area contributed by atoms with Crippen LogP contribution >= 0.6 is 0 Å². The highest BCUT2D eigenvalue weighted by atomic mass is 32.2. The average molecular weight is 712 g/mol. The van der Waals surface area contributed by atoms with E-state index in [1.165, 1.54) is 6.07 Å². The van der Waals surface area contributed by atoms with Crippen molar-refractivity contribution in [2.24, 2.45) is 10.9 Å². The molecule has 0 aromatic heterocycles. The lowest BCUT2D eigenvalue weighted by atomic mass is 9.90. The van der Waals surface area contributed by atoms with Gasteiger partial charge in [-0.3, -0.25) is 4.55 Å². The van der Waals surface area contributed by atoms with E-state index in [1.54, 1.807) is 32.1 Å². The maximum absolute atomic E-state index is 12.7. The Morgan fingerprint density at radius 1 is 0.840 bits per heavy atom. The molecule has 0 fully saturated rings. The number of hydrogen-bond donors (Lipinski definition) is 3. The van der Waals surface area contributed by atoms with Gasteiger partial charge in [0.15, 0.2) is 0 Å². The van der Waals surface area contributed by atoms with E-state index in [0.717, 1.165) is 33.6 Å². The Balaban J connectivity index is 1.53. The third-order valence-electron chi connectivity index (χ3n) is 9.05. The third kappa shape index (κ3) is 6.91. The summed E-state index contributed by atoms with van der Waals surface area (Å²) in [5, 5.41) is 4.86. The third-order valence-corrected chi connectivity index (χ3v) is 11.5. The van der Waals surface area contributed by atoms with Crippen LogP contribution in [0.1, 0.15) is 43.0 Å². The van der Waals surface area contributed by atoms with Gasteiger partial charge < -0.3 is 9.73 Å². The Kier molecular flexibility index (Phi) is 9.38. The van der Waals surface area contributed by atoms with Crippen molar-refractivity contribution in [3.8, 4) is 22.5 Å². The van der Waals surface area contributed by atoms with E-state index >= 15 is 0 Å². The lowest BCUT2D eigenvalue weighted by molar-refractivity contribution is 0.483. The number of aryl methyl sites for hydroxylation is 4. The zero-order chi connectivity index (χ0) is 36.1. The summed E-state index contributed by atoms with van der Waals surface area (Å²) < 4.78 is 70.3. The highest BCUT2D eigenvalue weighted by molar-refractivity contribution is 7.93. The summed E-state index contributed by atoms with van der Waals surface area (Å²) in [6.45, 7) is 13.8. The molecule has 9 nitrogen and oxygen atoms in total. The summed E-state index contributed by atoms with van der Waals surface area (Å²) >= 11 is 0. The van der Waals surface area contributed by atoms with Gasteiger partial charge in [0.1, 0.15) is 16.2 Å². The van der Waals surface area contributed by atoms with E-state index in [-0.39, 0.29) is 21.8 Å². The number of rotatable bonds is 8. The van der Waals surface area contributed by atoms with Gasteiger partial charge in [0.25, 0.3) is 10.1 Å². The summed E-state index contributed by atoms with van der Waals surface area (Å²) in [5.41, 5.74) is 8.48. The Morgan fingerprint density at radius 2 is 1.54 bits per heavy atom. The smallest absolute Gasteiger partial charge is 0.295 e. The summed E-state index contributed by atoms with van der Waals surface area (Å²) in [6.07, 6.45) is 3.43. The summed E-state index contributed by atoms with van der Waals surface area (Å²) in [4.78, 5) is 5.01. The monoisotopic (exact) mass is 711 g/mol. The minimum Gasteiger partial charge on any atom is -0.456 e. The van der Waals surface area contributed by atoms with Crippen molar-refractivity contribution in [1.82, 2.24) is 4.72 Å². The Labute approximate surface area is 293 Å². The average Bonchev–Trinajstić information content (AvgIpc) is 3.02. The van der Waals surface area contributed by atoms with Crippen molar-refractivity contribution in [3.05, 3.63) is 117 Å².